The van der Waals surface area contributed by atoms with Crippen LogP contribution in [0.2, 0.25) is 0 Å². The average Bonchev–Trinajstić information content (AvgIpc) is 2.71. The van der Waals surface area contributed by atoms with E-state index >= 15 is 0 Å². The van der Waals surface area contributed by atoms with Gasteiger partial charge in [-0.05, 0) is 52.2 Å². The molecule has 1 aromatic rings. The lowest BCUT2D eigenvalue weighted by atomic mass is 9.82. The zero-order chi connectivity index (χ0) is 15.2. The second kappa shape index (κ2) is 5.04. The van der Waals surface area contributed by atoms with Crippen molar-refractivity contribution < 1.29 is 9.53 Å². The number of hydrogen-bond acceptors (Lipinski definition) is 2. The highest BCUT2D eigenvalue weighted by Gasteiger charge is 2.44. The van der Waals surface area contributed by atoms with Crippen molar-refractivity contribution in [2.75, 3.05) is 4.90 Å². The van der Waals surface area contributed by atoms with E-state index in [1.54, 1.807) is 0 Å². The lowest BCUT2D eigenvalue weighted by molar-refractivity contribution is 0.0560. The van der Waals surface area contributed by atoms with Crippen molar-refractivity contribution in [3.05, 3.63) is 29.3 Å². The van der Waals surface area contributed by atoms with Crippen molar-refractivity contribution in [2.45, 2.75) is 70.9 Å². The molecule has 1 aliphatic carbocycles. The number of rotatable bonds is 0. The van der Waals surface area contributed by atoms with Crippen LogP contribution in [-0.2, 0) is 4.74 Å². The molecule has 1 fully saturated rings. The smallest absolute Gasteiger partial charge is 0.415 e. The van der Waals surface area contributed by atoms with Crippen LogP contribution >= 0.6 is 0 Å². The summed E-state index contributed by atoms with van der Waals surface area (Å²) in [5.74, 6) is 0.487. The number of fused-ring (bicyclic) bond motifs is 3. The van der Waals surface area contributed by atoms with Gasteiger partial charge in [0.1, 0.15) is 5.60 Å². The van der Waals surface area contributed by atoms with E-state index in [1.807, 2.05) is 25.7 Å². The lowest BCUT2D eigenvalue weighted by Gasteiger charge is -2.33. The molecule has 2 atom stereocenters. The maximum absolute atomic E-state index is 12.7. The van der Waals surface area contributed by atoms with Crippen molar-refractivity contribution in [2.24, 2.45) is 0 Å². The molecular formula is C18H25NO2. The van der Waals surface area contributed by atoms with E-state index in [0.717, 1.165) is 12.1 Å². The van der Waals surface area contributed by atoms with Gasteiger partial charge in [-0.2, -0.15) is 0 Å². The summed E-state index contributed by atoms with van der Waals surface area (Å²) in [5.41, 5.74) is 3.22. The maximum atomic E-state index is 12.7. The summed E-state index contributed by atoms with van der Waals surface area (Å²) in [6.07, 6.45) is 4.53. The van der Waals surface area contributed by atoms with Crippen molar-refractivity contribution >= 4 is 11.8 Å². The number of amides is 1. The fourth-order valence-corrected chi connectivity index (χ4v) is 3.70. The molecule has 0 N–H and O–H groups in total. The number of anilines is 1. The Morgan fingerprint density at radius 2 is 1.95 bits per heavy atom. The van der Waals surface area contributed by atoms with E-state index in [0.29, 0.717) is 5.92 Å². The van der Waals surface area contributed by atoms with Gasteiger partial charge >= 0.3 is 6.09 Å². The van der Waals surface area contributed by atoms with E-state index in [9.17, 15) is 4.79 Å². The Morgan fingerprint density at radius 3 is 2.67 bits per heavy atom. The first-order valence-electron chi connectivity index (χ1n) is 7.99. The molecule has 0 radical (unpaired) electrons. The van der Waals surface area contributed by atoms with Crippen LogP contribution in [0, 0.1) is 6.92 Å². The predicted octanol–water partition coefficient (Wildman–Crippen LogP) is 4.78. The first-order chi connectivity index (χ1) is 9.87. The second-order valence-electron chi connectivity index (χ2n) is 7.37. The summed E-state index contributed by atoms with van der Waals surface area (Å²) >= 11 is 0. The van der Waals surface area contributed by atoms with Gasteiger partial charge in [-0.3, -0.25) is 4.90 Å². The highest BCUT2D eigenvalue weighted by atomic mass is 16.6. The van der Waals surface area contributed by atoms with Gasteiger partial charge in [-0.1, -0.05) is 30.5 Å². The Kier molecular flexibility index (Phi) is 3.46. The Morgan fingerprint density at radius 1 is 1.24 bits per heavy atom. The van der Waals surface area contributed by atoms with Gasteiger partial charge < -0.3 is 4.74 Å². The van der Waals surface area contributed by atoms with E-state index in [2.05, 4.69) is 25.1 Å². The van der Waals surface area contributed by atoms with Crippen LogP contribution in [0.4, 0.5) is 10.5 Å². The lowest BCUT2D eigenvalue weighted by Crippen LogP contribution is -2.43. The molecule has 3 nitrogen and oxygen atoms in total. The zero-order valence-electron chi connectivity index (χ0n) is 13.5. The largest absolute Gasteiger partial charge is 0.443 e. The fraction of sp³-hybridized carbons (Fsp3) is 0.611. The van der Waals surface area contributed by atoms with Gasteiger partial charge in [0, 0.05) is 12.0 Å². The summed E-state index contributed by atoms with van der Waals surface area (Å²) in [6, 6.07) is 6.72. The van der Waals surface area contributed by atoms with Crippen molar-refractivity contribution in [3.63, 3.8) is 0 Å². The Hall–Kier alpha value is -1.51. The van der Waals surface area contributed by atoms with Crippen molar-refractivity contribution in [1.29, 1.82) is 0 Å². The van der Waals surface area contributed by atoms with Crippen LogP contribution in [-0.4, -0.2) is 17.7 Å². The zero-order valence-corrected chi connectivity index (χ0v) is 13.5. The third-order valence-electron chi connectivity index (χ3n) is 4.49. The average molecular weight is 287 g/mol. The minimum atomic E-state index is -0.450. The molecule has 1 heterocycles. The summed E-state index contributed by atoms with van der Waals surface area (Å²) in [6.45, 7) is 7.90. The number of carbonyl (C=O) groups excluding carboxylic acids is 1. The Balaban J connectivity index is 1.98. The molecule has 1 aromatic carbocycles. The third kappa shape index (κ3) is 2.66. The molecule has 0 saturated heterocycles. The molecule has 0 aromatic heterocycles. The molecule has 2 aliphatic rings. The van der Waals surface area contributed by atoms with Crippen molar-refractivity contribution in [3.8, 4) is 0 Å². The quantitative estimate of drug-likeness (QED) is 0.687. The molecule has 0 unspecified atom stereocenters. The molecule has 0 bridgehead atoms. The molecule has 0 spiro atoms. The maximum Gasteiger partial charge on any atom is 0.415 e. The number of carbonyl (C=O) groups is 1. The SMILES string of the molecule is Cc1ccc2c(c1)[C@@H]1CCCC[C@@H]1N2C(=O)OC(C)(C)C. The number of hydrogen-bond donors (Lipinski definition) is 0. The van der Waals surface area contributed by atoms with Crippen LogP contribution in [0.15, 0.2) is 18.2 Å². The van der Waals surface area contributed by atoms with Gasteiger partial charge in [-0.25, -0.2) is 4.79 Å². The minimum Gasteiger partial charge on any atom is -0.443 e. The third-order valence-corrected chi connectivity index (χ3v) is 4.49. The molecule has 3 heteroatoms. The first-order valence-corrected chi connectivity index (χ1v) is 7.99. The number of nitrogens with zero attached hydrogens (tertiary/aromatic N) is 1. The van der Waals surface area contributed by atoms with Gasteiger partial charge in [0.15, 0.2) is 0 Å². The predicted molar refractivity (Wildman–Crippen MR) is 84.9 cm³/mol. The Bertz CT molecular complexity index is 559. The first kappa shape index (κ1) is 14.4. The molecule has 3 rings (SSSR count). The topological polar surface area (TPSA) is 29.5 Å². The number of ether oxygens (including phenoxy) is 1. The van der Waals surface area contributed by atoms with Crippen LogP contribution in [0.1, 0.15) is 63.5 Å². The van der Waals surface area contributed by atoms with Gasteiger partial charge in [-0.15, -0.1) is 0 Å². The Labute approximate surface area is 127 Å². The highest BCUT2D eigenvalue weighted by Crippen LogP contribution is 2.48. The van der Waals surface area contributed by atoms with Gasteiger partial charge in [0.2, 0.25) is 0 Å². The van der Waals surface area contributed by atoms with Gasteiger partial charge in [0.25, 0.3) is 0 Å². The van der Waals surface area contributed by atoms with E-state index in [-0.39, 0.29) is 12.1 Å². The fourth-order valence-electron chi connectivity index (χ4n) is 3.70. The van der Waals surface area contributed by atoms with Crippen LogP contribution in [0.3, 0.4) is 0 Å². The van der Waals surface area contributed by atoms with E-state index in [1.165, 1.54) is 30.4 Å². The molecular weight excluding hydrogens is 262 g/mol. The van der Waals surface area contributed by atoms with E-state index in [4.69, 9.17) is 4.74 Å². The second-order valence-corrected chi connectivity index (χ2v) is 7.37. The number of benzene rings is 1. The molecule has 1 aliphatic heterocycles. The summed E-state index contributed by atoms with van der Waals surface area (Å²) < 4.78 is 5.64. The number of aryl methyl sites for hydroxylation is 1. The molecule has 1 saturated carbocycles. The molecule has 1 amide bonds. The highest BCUT2D eigenvalue weighted by molar-refractivity contribution is 5.92. The molecule has 114 valence electrons. The van der Waals surface area contributed by atoms with Gasteiger partial charge in [0.05, 0.1) is 5.69 Å². The van der Waals surface area contributed by atoms with Crippen LogP contribution in [0.25, 0.3) is 0 Å². The standard InChI is InChI=1S/C18H25NO2/c1-12-9-10-16-14(11-12)13-7-5-6-8-15(13)19(16)17(20)21-18(2,3)4/h9-11,13,15H,5-8H2,1-4H3/t13-,15-/m0/s1. The normalized spacial score (nSPS) is 24.5. The monoisotopic (exact) mass is 287 g/mol. The summed E-state index contributed by atoms with van der Waals surface area (Å²) in [5, 5.41) is 0. The molecule has 21 heavy (non-hydrogen) atoms. The van der Waals surface area contributed by atoms with Crippen molar-refractivity contribution in [1.82, 2.24) is 0 Å². The van der Waals surface area contributed by atoms with E-state index < -0.39 is 5.60 Å². The minimum absolute atomic E-state index is 0.193. The van der Waals surface area contributed by atoms with Crippen LogP contribution in [0.5, 0.6) is 0 Å². The van der Waals surface area contributed by atoms with Crippen LogP contribution < -0.4 is 4.90 Å². The summed E-state index contributed by atoms with van der Waals surface area (Å²) in [7, 11) is 0. The summed E-state index contributed by atoms with van der Waals surface area (Å²) in [4.78, 5) is 14.6.